The largest absolute Gasteiger partial charge is 0.396 e. The van der Waals surface area contributed by atoms with Gasteiger partial charge >= 0.3 is 0 Å². The molecule has 0 bridgehead atoms. The summed E-state index contributed by atoms with van der Waals surface area (Å²) in [7, 11) is 0. The highest BCUT2D eigenvalue weighted by Gasteiger charge is 2.28. The quantitative estimate of drug-likeness (QED) is 0.858. The highest BCUT2D eigenvalue weighted by Crippen LogP contribution is 2.18. The van der Waals surface area contributed by atoms with Crippen molar-refractivity contribution in [1.82, 2.24) is 14.9 Å². The summed E-state index contributed by atoms with van der Waals surface area (Å²) in [5.41, 5.74) is 2.02. The van der Waals surface area contributed by atoms with Crippen LogP contribution in [0, 0.1) is 5.92 Å². The molecule has 1 saturated heterocycles. The fourth-order valence-electron chi connectivity index (χ4n) is 2.58. The highest BCUT2D eigenvalue weighted by molar-refractivity contribution is 5.78. The monoisotopic (exact) mass is 259 g/mol. The lowest BCUT2D eigenvalue weighted by molar-refractivity contribution is -0.127. The number of carbonyl (C=O) groups excluding carboxylic acids is 1. The summed E-state index contributed by atoms with van der Waals surface area (Å²) in [4.78, 5) is 21.0. The first-order valence-corrected chi connectivity index (χ1v) is 6.57. The number of hydrogen-bond donors (Lipinski definition) is 2. The smallest absolute Gasteiger partial charge is 0.223 e. The molecule has 2 N–H and O–H groups in total. The molecule has 1 fully saturated rings. The van der Waals surface area contributed by atoms with Crippen molar-refractivity contribution in [3.8, 4) is 0 Å². The van der Waals surface area contributed by atoms with Gasteiger partial charge in [-0.25, -0.2) is 4.98 Å². The molecule has 1 aliphatic rings. The number of aromatic amines is 1. The van der Waals surface area contributed by atoms with E-state index in [2.05, 4.69) is 16.0 Å². The van der Waals surface area contributed by atoms with E-state index in [1.807, 2.05) is 23.4 Å². The Hall–Kier alpha value is -1.88. The Morgan fingerprint density at radius 1 is 1.53 bits per heavy atom. The number of H-pyrrole nitrogens is 1. The first kappa shape index (κ1) is 12.2. The van der Waals surface area contributed by atoms with Crippen LogP contribution in [0.25, 0.3) is 11.0 Å². The van der Waals surface area contributed by atoms with Gasteiger partial charge in [-0.2, -0.15) is 0 Å². The number of rotatable bonds is 4. The van der Waals surface area contributed by atoms with Crippen LogP contribution in [0.5, 0.6) is 0 Å². The van der Waals surface area contributed by atoms with E-state index >= 15 is 0 Å². The predicted molar refractivity (Wildman–Crippen MR) is 71.6 cm³/mol. The molecule has 3 heterocycles. The number of fused-ring (bicyclic) bond motifs is 1. The van der Waals surface area contributed by atoms with Gasteiger partial charge in [-0.15, -0.1) is 0 Å². The fraction of sp³-hybridized carbons (Fsp3) is 0.429. The van der Waals surface area contributed by atoms with Crippen LogP contribution in [0.3, 0.4) is 0 Å². The molecule has 19 heavy (non-hydrogen) atoms. The molecule has 2 aromatic rings. The van der Waals surface area contributed by atoms with E-state index in [1.54, 1.807) is 0 Å². The zero-order chi connectivity index (χ0) is 13.2. The van der Waals surface area contributed by atoms with Gasteiger partial charge in [0, 0.05) is 49.8 Å². The maximum atomic E-state index is 11.7. The molecule has 1 aliphatic heterocycles. The van der Waals surface area contributed by atoms with Gasteiger partial charge in [0.2, 0.25) is 5.91 Å². The second-order valence-electron chi connectivity index (χ2n) is 5.10. The molecule has 1 unspecified atom stereocenters. The molecular formula is C14H17N3O2. The topological polar surface area (TPSA) is 69.2 Å². The van der Waals surface area contributed by atoms with Crippen LogP contribution < -0.4 is 0 Å². The lowest BCUT2D eigenvalue weighted by Gasteiger charge is -2.16. The number of aromatic nitrogens is 2. The molecular weight excluding hydrogens is 242 g/mol. The number of hydrogen-bond acceptors (Lipinski definition) is 3. The molecule has 0 radical (unpaired) electrons. The number of pyridine rings is 1. The van der Waals surface area contributed by atoms with Crippen LogP contribution in [-0.2, 0) is 11.2 Å². The van der Waals surface area contributed by atoms with Gasteiger partial charge in [-0.1, -0.05) is 0 Å². The number of carbonyl (C=O) groups is 1. The van der Waals surface area contributed by atoms with Crippen LogP contribution in [-0.4, -0.2) is 45.6 Å². The molecule has 0 aliphatic carbocycles. The lowest BCUT2D eigenvalue weighted by Crippen LogP contribution is -2.27. The molecule has 5 heteroatoms. The maximum absolute atomic E-state index is 11.7. The number of nitrogens with zero attached hydrogens (tertiary/aromatic N) is 2. The van der Waals surface area contributed by atoms with Gasteiger partial charge in [-0.05, 0) is 24.1 Å². The second kappa shape index (κ2) is 5.01. The predicted octanol–water partition coefficient (Wildman–Crippen LogP) is 0.946. The van der Waals surface area contributed by atoms with Crippen LogP contribution in [0.2, 0.25) is 0 Å². The third-order valence-electron chi connectivity index (χ3n) is 3.68. The van der Waals surface area contributed by atoms with E-state index < -0.39 is 0 Å². The molecule has 5 nitrogen and oxygen atoms in total. The highest BCUT2D eigenvalue weighted by atomic mass is 16.3. The van der Waals surface area contributed by atoms with E-state index in [9.17, 15) is 4.79 Å². The lowest BCUT2D eigenvalue weighted by atomic mass is 10.1. The van der Waals surface area contributed by atoms with Crippen LogP contribution in [0.1, 0.15) is 12.0 Å². The van der Waals surface area contributed by atoms with Crippen molar-refractivity contribution in [2.45, 2.75) is 12.8 Å². The minimum atomic E-state index is 0.0963. The van der Waals surface area contributed by atoms with Crippen LogP contribution in [0.15, 0.2) is 24.5 Å². The normalized spacial score (nSPS) is 19.5. The Labute approximate surface area is 111 Å². The van der Waals surface area contributed by atoms with E-state index in [0.29, 0.717) is 19.5 Å². The van der Waals surface area contributed by atoms with Crippen LogP contribution in [0.4, 0.5) is 0 Å². The summed E-state index contributed by atoms with van der Waals surface area (Å²) < 4.78 is 0. The van der Waals surface area contributed by atoms with E-state index in [-0.39, 0.29) is 18.4 Å². The third-order valence-corrected chi connectivity index (χ3v) is 3.68. The third kappa shape index (κ3) is 2.46. The molecule has 0 aromatic carbocycles. The summed E-state index contributed by atoms with van der Waals surface area (Å²) in [5.74, 6) is 0.257. The van der Waals surface area contributed by atoms with Gasteiger partial charge in [0.15, 0.2) is 0 Å². The van der Waals surface area contributed by atoms with Gasteiger partial charge in [0.1, 0.15) is 5.65 Å². The Balaban J connectivity index is 1.64. The van der Waals surface area contributed by atoms with Crippen molar-refractivity contribution in [3.05, 3.63) is 30.1 Å². The van der Waals surface area contributed by atoms with Crippen molar-refractivity contribution in [2.24, 2.45) is 5.92 Å². The standard InChI is InChI=1S/C14H17N3O2/c18-9-11-6-13(19)17(8-11)4-2-10-5-12-1-3-15-14(12)16-7-10/h1,3,5,7,11,18H,2,4,6,8-9H2,(H,15,16). The minimum absolute atomic E-state index is 0.0963. The van der Waals surface area contributed by atoms with Gasteiger partial charge in [0.25, 0.3) is 0 Å². The number of amides is 1. The minimum Gasteiger partial charge on any atom is -0.396 e. The van der Waals surface area contributed by atoms with Crippen molar-refractivity contribution in [1.29, 1.82) is 0 Å². The van der Waals surface area contributed by atoms with Crippen molar-refractivity contribution in [2.75, 3.05) is 19.7 Å². The Bertz CT molecular complexity index is 593. The first-order chi connectivity index (χ1) is 9.26. The zero-order valence-corrected chi connectivity index (χ0v) is 10.7. The average molecular weight is 259 g/mol. The second-order valence-corrected chi connectivity index (χ2v) is 5.10. The Kier molecular flexibility index (Phi) is 3.21. The van der Waals surface area contributed by atoms with E-state index in [4.69, 9.17) is 5.11 Å². The van der Waals surface area contributed by atoms with Gasteiger partial charge < -0.3 is 15.0 Å². The summed E-state index contributed by atoms with van der Waals surface area (Å²) in [6.07, 6.45) is 5.00. The van der Waals surface area contributed by atoms with Crippen molar-refractivity contribution in [3.63, 3.8) is 0 Å². The molecule has 3 rings (SSSR count). The summed E-state index contributed by atoms with van der Waals surface area (Å²) in [6.45, 7) is 1.47. The summed E-state index contributed by atoms with van der Waals surface area (Å²) in [6, 6.07) is 4.09. The number of likely N-dealkylation sites (tertiary alicyclic amines) is 1. The fourth-order valence-corrected chi connectivity index (χ4v) is 2.58. The molecule has 0 spiro atoms. The Morgan fingerprint density at radius 2 is 2.42 bits per heavy atom. The Morgan fingerprint density at radius 3 is 3.21 bits per heavy atom. The van der Waals surface area contributed by atoms with E-state index in [1.165, 1.54) is 0 Å². The number of aliphatic hydroxyl groups is 1. The summed E-state index contributed by atoms with van der Waals surface area (Å²) in [5, 5.41) is 10.2. The average Bonchev–Trinajstić information content (AvgIpc) is 3.02. The van der Waals surface area contributed by atoms with Crippen molar-refractivity contribution < 1.29 is 9.90 Å². The van der Waals surface area contributed by atoms with Crippen LogP contribution >= 0.6 is 0 Å². The molecule has 1 amide bonds. The van der Waals surface area contributed by atoms with Gasteiger partial charge in [0.05, 0.1) is 0 Å². The summed E-state index contributed by atoms with van der Waals surface area (Å²) >= 11 is 0. The zero-order valence-electron chi connectivity index (χ0n) is 10.7. The van der Waals surface area contributed by atoms with Gasteiger partial charge in [-0.3, -0.25) is 4.79 Å². The molecule has 100 valence electrons. The van der Waals surface area contributed by atoms with Crippen molar-refractivity contribution >= 4 is 16.9 Å². The molecule has 0 saturated carbocycles. The van der Waals surface area contributed by atoms with E-state index in [0.717, 1.165) is 23.0 Å². The number of aliphatic hydroxyl groups excluding tert-OH is 1. The first-order valence-electron chi connectivity index (χ1n) is 6.57. The number of nitrogens with one attached hydrogen (secondary N) is 1. The maximum Gasteiger partial charge on any atom is 0.223 e. The molecule has 2 aromatic heterocycles. The SMILES string of the molecule is O=C1CC(CO)CN1CCc1cnc2[nH]ccc2c1. The molecule has 1 atom stereocenters.